The van der Waals surface area contributed by atoms with Crippen molar-refractivity contribution < 1.29 is 9.32 Å². The highest BCUT2D eigenvalue weighted by Gasteiger charge is 2.16. The van der Waals surface area contributed by atoms with Gasteiger partial charge < -0.3 is 14.2 Å². The summed E-state index contributed by atoms with van der Waals surface area (Å²) in [6.07, 6.45) is 4.02. The number of aromatic nitrogens is 4. The third-order valence-corrected chi connectivity index (χ3v) is 5.22. The number of amides is 1. The van der Waals surface area contributed by atoms with Crippen LogP contribution in [0, 0.1) is 6.92 Å². The number of nitrogens with zero attached hydrogens (tertiary/aromatic N) is 4. The number of nitrogens with one attached hydrogen (secondary N) is 1. The van der Waals surface area contributed by atoms with Crippen LogP contribution in [0.25, 0.3) is 5.65 Å². The van der Waals surface area contributed by atoms with E-state index in [0.29, 0.717) is 17.3 Å². The van der Waals surface area contributed by atoms with Gasteiger partial charge in [0.05, 0.1) is 5.69 Å². The first-order chi connectivity index (χ1) is 13.6. The fraction of sp³-hybridized carbons (Fsp3) is 0.200. The van der Waals surface area contributed by atoms with Crippen molar-refractivity contribution in [2.24, 2.45) is 0 Å². The molecule has 142 valence electrons. The highest BCUT2D eigenvalue weighted by Crippen LogP contribution is 2.23. The Morgan fingerprint density at radius 2 is 2.04 bits per heavy atom. The van der Waals surface area contributed by atoms with Crippen LogP contribution < -0.4 is 5.32 Å². The van der Waals surface area contributed by atoms with Gasteiger partial charge in [0.2, 0.25) is 5.89 Å². The molecule has 0 bridgehead atoms. The molecule has 7 nitrogen and oxygen atoms in total. The van der Waals surface area contributed by atoms with E-state index >= 15 is 0 Å². The van der Waals surface area contributed by atoms with Gasteiger partial charge >= 0.3 is 0 Å². The molecule has 0 radical (unpaired) electrons. The number of fused-ring (bicyclic) bond motifs is 1. The smallest absolute Gasteiger partial charge is 0.251 e. The van der Waals surface area contributed by atoms with Crippen LogP contribution in [0.5, 0.6) is 0 Å². The molecule has 0 aliphatic carbocycles. The van der Waals surface area contributed by atoms with E-state index in [1.807, 2.05) is 66.2 Å². The highest BCUT2D eigenvalue weighted by atomic mass is 32.2. The predicted octanol–water partition coefficient (Wildman–Crippen LogP) is 3.81. The second kappa shape index (κ2) is 7.85. The number of imidazole rings is 1. The van der Waals surface area contributed by atoms with Gasteiger partial charge in [-0.15, -0.1) is 11.8 Å². The standard InChI is InChI=1S/C20H19N5O2S/c1-13(20-22-14(2)24-27-20)21-19(26)15-6-8-17(9-7-15)28-12-16-11-25-10-4-3-5-18(25)23-16/h3-11,13H,12H2,1-2H3,(H,21,26). The number of hydrogen-bond acceptors (Lipinski definition) is 6. The van der Waals surface area contributed by atoms with Crippen LogP contribution in [-0.4, -0.2) is 25.4 Å². The lowest BCUT2D eigenvalue weighted by Crippen LogP contribution is -2.26. The minimum Gasteiger partial charge on any atom is -0.341 e. The number of carbonyl (C=O) groups is 1. The van der Waals surface area contributed by atoms with E-state index in [1.54, 1.807) is 18.7 Å². The molecule has 1 atom stereocenters. The summed E-state index contributed by atoms with van der Waals surface area (Å²) >= 11 is 1.68. The van der Waals surface area contributed by atoms with E-state index < -0.39 is 0 Å². The van der Waals surface area contributed by atoms with Crippen LogP contribution in [0.15, 0.2) is 64.3 Å². The van der Waals surface area contributed by atoms with Gasteiger partial charge in [0.1, 0.15) is 11.7 Å². The number of thioether (sulfide) groups is 1. The lowest BCUT2D eigenvalue weighted by atomic mass is 10.2. The SMILES string of the molecule is Cc1noc(C(C)NC(=O)c2ccc(SCc3cn4ccccc4n3)cc2)n1. The van der Waals surface area contributed by atoms with Crippen LogP contribution in [-0.2, 0) is 5.75 Å². The maximum atomic E-state index is 12.4. The zero-order valence-corrected chi connectivity index (χ0v) is 16.3. The van der Waals surface area contributed by atoms with E-state index in [1.165, 1.54) is 0 Å². The van der Waals surface area contributed by atoms with Gasteiger partial charge in [-0.2, -0.15) is 4.98 Å². The number of benzene rings is 1. The summed E-state index contributed by atoms with van der Waals surface area (Å²) in [7, 11) is 0. The topological polar surface area (TPSA) is 85.3 Å². The van der Waals surface area contributed by atoms with Gasteiger partial charge in [0.15, 0.2) is 5.82 Å². The molecule has 3 heterocycles. The van der Waals surface area contributed by atoms with Gasteiger partial charge in [0.25, 0.3) is 5.91 Å². The Balaban J connectivity index is 1.35. The summed E-state index contributed by atoms with van der Waals surface area (Å²) in [6, 6.07) is 13.1. The summed E-state index contributed by atoms with van der Waals surface area (Å²) < 4.78 is 7.10. The quantitative estimate of drug-likeness (QED) is 0.502. The Hall–Kier alpha value is -3.13. The van der Waals surface area contributed by atoms with Crippen molar-refractivity contribution >= 4 is 23.3 Å². The third kappa shape index (κ3) is 4.07. The van der Waals surface area contributed by atoms with Crippen molar-refractivity contribution in [2.45, 2.75) is 30.5 Å². The first-order valence-corrected chi connectivity index (χ1v) is 9.83. The minimum atomic E-state index is -0.349. The van der Waals surface area contributed by atoms with Crippen molar-refractivity contribution in [1.82, 2.24) is 24.8 Å². The normalized spacial score (nSPS) is 12.2. The van der Waals surface area contributed by atoms with Crippen LogP contribution >= 0.6 is 11.8 Å². The molecule has 0 spiro atoms. The van der Waals surface area contributed by atoms with Gasteiger partial charge in [-0.05, 0) is 50.2 Å². The molecule has 4 rings (SSSR count). The van der Waals surface area contributed by atoms with Crippen molar-refractivity contribution in [3.05, 3.63) is 77.8 Å². The summed E-state index contributed by atoms with van der Waals surface area (Å²) in [4.78, 5) is 22.2. The molecule has 28 heavy (non-hydrogen) atoms. The van der Waals surface area contributed by atoms with Crippen molar-refractivity contribution in [2.75, 3.05) is 0 Å². The lowest BCUT2D eigenvalue weighted by molar-refractivity contribution is 0.0932. The van der Waals surface area contributed by atoms with Crippen molar-refractivity contribution in [3.8, 4) is 0 Å². The highest BCUT2D eigenvalue weighted by molar-refractivity contribution is 7.98. The predicted molar refractivity (Wildman–Crippen MR) is 106 cm³/mol. The molecule has 4 aromatic rings. The van der Waals surface area contributed by atoms with Gasteiger partial charge in [-0.25, -0.2) is 4.98 Å². The van der Waals surface area contributed by atoms with Crippen LogP contribution in [0.3, 0.4) is 0 Å². The molecule has 1 unspecified atom stereocenters. The fourth-order valence-electron chi connectivity index (χ4n) is 2.75. The van der Waals surface area contributed by atoms with Crippen LogP contribution in [0.1, 0.15) is 40.7 Å². The van der Waals surface area contributed by atoms with Gasteiger partial charge in [0, 0.05) is 28.6 Å². The summed E-state index contributed by atoms with van der Waals surface area (Å²) in [5.74, 6) is 1.52. The Morgan fingerprint density at radius 1 is 1.21 bits per heavy atom. The molecule has 0 fully saturated rings. The molecule has 3 aromatic heterocycles. The van der Waals surface area contributed by atoms with Crippen molar-refractivity contribution in [3.63, 3.8) is 0 Å². The first-order valence-electron chi connectivity index (χ1n) is 8.85. The van der Waals surface area contributed by atoms with E-state index in [9.17, 15) is 4.79 Å². The molecule has 0 aliphatic rings. The number of aryl methyl sites for hydroxylation is 1. The monoisotopic (exact) mass is 393 g/mol. The average molecular weight is 393 g/mol. The first kappa shape index (κ1) is 18.2. The second-order valence-corrected chi connectivity index (χ2v) is 7.44. The van der Waals surface area contributed by atoms with Gasteiger partial charge in [-0.1, -0.05) is 11.2 Å². The van der Waals surface area contributed by atoms with E-state index in [2.05, 4.69) is 20.4 Å². The zero-order valence-electron chi connectivity index (χ0n) is 15.5. The van der Waals surface area contributed by atoms with Crippen LogP contribution in [0.2, 0.25) is 0 Å². The number of carbonyl (C=O) groups excluding carboxylic acids is 1. The maximum Gasteiger partial charge on any atom is 0.251 e. The maximum absolute atomic E-state index is 12.4. The average Bonchev–Trinajstić information content (AvgIpc) is 3.32. The minimum absolute atomic E-state index is 0.180. The second-order valence-electron chi connectivity index (χ2n) is 6.39. The Morgan fingerprint density at radius 3 is 2.75 bits per heavy atom. The molecule has 0 saturated carbocycles. The molecule has 1 aromatic carbocycles. The number of rotatable bonds is 6. The van der Waals surface area contributed by atoms with E-state index in [0.717, 1.165) is 22.0 Å². The molecular weight excluding hydrogens is 374 g/mol. The molecule has 1 amide bonds. The number of hydrogen-bond donors (Lipinski definition) is 1. The zero-order chi connectivity index (χ0) is 19.5. The molecule has 0 saturated heterocycles. The van der Waals surface area contributed by atoms with Gasteiger partial charge in [-0.3, -0.25) is 4.79 Å². The Kier molecular flexibility index (Phi) is 5.12. The van der Waals surface area contributed by atoms with E-state index in [4.69, 9.17) is 4.52 Å². The largest absolute Gasteiger partial charge is 0.341 e. The molecular formula is C20H19N5O2S. The Bertz CT molecular complexity index is 1070. The Labute approximate surface area is 166 Å². The van der Waals surface area contributed by atoms with Crippen molar-refractivity contribution in [1.29, 1.82) is 0 Å². The fourth-order valence-corrected chi connectivity index (χ4v) is 3.53. The lowest BCUT2D eigenvalue weighted by Gasteiger charge is -2.10. The van der Waals surface area contributed by atoms with E-state index in [-0.39, 0.29) is 11.9 Å². The molecule has 0 aliphatic heterocycles. The molecule has 1 N–H and O–H groups in total. The summed E-state index contributed by atoms with van der Waals surface area (Å²) in [5.41, 5.74) is 2.54. The summed E-state index contributed by atoms with van der Waals surface area (Å²) in [5, 5.41) is 6.61. The number of pyridine rings is 1. The summed E-state index contributed by atoms with van der Waals surface area (Å²) in [6.45, 7) is 3.55. The third-order valence-electron chi connectivity index (χ3n) is 4.18. The molecule has 8 heteroatoms. The van der Waals surface area contributed by atoms with Crippen LogP contribution in [0.4, 0.5) is 0 Å².